The first kappa shape index (κ1) is 13.4. The Balaban J connectivity index is 2.04. The zero-order valence-corrected chi connectivity index (χ0v) is 11.8. The maximum atomic E-state index is 6.02. The van der Waals surface area contributed by atoms with Gasteiger partial charge in [0.2, 0.25) is 0 Å². The summed E-state index contributed by atoms with van der Waals surface area (Å²) in [4.78, 5) is 0. The van der Waals surface area contributed by atoms with Crippen LogP contribution in [-0.4, -0.2) is 12.1 Å². The lowest BCUT2D eigenvalue weighted by molar-refractivity contribution is 0.191. The summed E-state index contributed by atoms with van der Waals surface area (Å²) in [5, 5.41) is 0. The quantitative estimate of drug-likeness (QED) is 0.881. The summed E-state index contributed by atoms with van der Waals surface area (Å²) in [6, 6.07) is 8.73. The molecular weight excluding hydrogens is 222 g/mol. The van der Waals surface area contributed by atoms with Crippen LogP contribution in [0.2, 0.25) is 0 Å². The molecule has 0 aliphatic heterocycles. The van der Waals surface area contributed by atoms with Crippen molar-refractivity contribution >= 4 is 0 Å². The van der Waals surface area contributed by atoms with Crippen LogP contribution >= 0.6 is 0 Å². The third-order valence-electron chi connectivity index (χ3n) is 4.31. The van der Waals surface area contributed by atoms with E-state index in [9.17, 15) is 0 Å². The third kappa shape index (κ3) is 2.86. The lowest BCUT2D eigenvalue weighted by Gasteiger charge is -2.24. The van der Waals surface area contributed by atoms with Crippen molar-refractivity contribution < 1.29 is 4.74 Å². The van der Waals surface area contributed by atoms with Gasteiger partial charge in [-0.1, -0.05) is 32.9 Å². The Bertz CT molecular complexity index is 383. The van der Waals surface area contributed by atoms with Gasteiger partial charge in [0.1, 0.15) is 11.9 Å². The fraction of sp³-hybridized carbons (Fsp3) is 0.625. The number of ether oxygens (including phenoxy) is 1. The van der Waals surface area contributed by atoms with Gasteiger partial charge in [-0.15, -0.1) is 0 Å². The summed E-state index contributed by atoms with van der Waals surface area (Å²) >= 11 is 0. The summed E-state index contributed by atoms with van der Waals surface area (Å²) in [7, 11) is 0. The first-order chi connectivity index (χ1) is 8.53. The van der Waals surface area contributed by atoms with Crippen LogP contribution in [0, 0.1) is 0 Å². The van der Waals surface area contributed by atoms with E-state index < -0.39 is 0 Å². The number of rotatable bonds is 4. The number of benzene rings is 1. The molecule has 2 unspecified atom stereocenters. The van der Waals surface area contributed by atoms with Crippen LogP contribution in [0.1, 0.15) is 52.0 Å². The molecule has 1 aromatic carbocycles. The molecule has 2 nitrogen and oxygen atoms in total. The van der Waals surface area contributed by atoms with Crippen LogP contribution in [0.15, 0.2) is 24.3 Å². The maximum Gasteiger partial charge on any atom is 0.119 e. The van der Waals surface area contributed by atoms with E-state index in [-0.39, 0.29) is 17.6 Å². The third-order valence-corrected chi connectivity index (χ3v) is 4.31. The minimum atomic E-state index is 0.204. The van der Waals surface area contributed by atoms with Gasteiger partial charge in [0, 0.05) is 6.04 Å². The van der Waals surface area contributed by atoms with Crippen LogP contribution in [0.3, 0.4) is 0 Å². The number of hydrogen-bond acceptors (Lipinski definition) is 2. The van der Waals surface area contributed by atoms with Gasteiger partial charge in [0.15, 0.2) is 0 Å². The first-order valence-corrected chi connectivity index (χ1v) is 7.06. The minimum absolute atomic E-state index is 0.204. The topological polar surface area (TPSA) is 35.2 Å². The summed E-state index contributed by atoms with van der Waals surface area (Å²) in [6.45, 7) is 6.77. The van der Waals surface area contributed by atoms with E-state index in [1.54, 1.807) is 0 Å². The summed E-state index contributed by atoms with van der Waals surface area (Å²) in [5.74, 6) is 0.952. The lowest BCUT2D eigenvalue weighted by atomic mass is 9.82. The van der Waals surface area contributed by atoms with Gasteiger partial charge in [0.05, 0.1) is 0 Å². The van der Waals surface area contributed by atoms with Crippen molar-refractivity contribution in [2.24, 2.45) is 5.73 Å². The van der Waals surface area contributed by atoms with Crippen molar-refractivity contribution in [2.75, 3.05) is 0 Å². The van der Waals surface area contributed by atoms with E-state index in [1.807, 2.05) is 0 Å². The molecule has 100 valence electrons. The average molecular weight is 247 g/mol. The van der Waals surface area contributed by atoms with Crippen molar-refractivity contribution in [3.63, 3.8) is 0 Å². The minimum Gasteiger partial charge on any atom is -0.489 e. The Labute approximate surface area is 111 Å². The van der Waals surface area contributed by atoms with Crippen molar-refractivity contribution in [2.45, 2.75) is 64.0 Å². The maximum absolute atomic E-state index is 6.02. The summed E-state index contributed by atoms with van der Waals surface area (Å²) < 4.78 is 5.96. The molecule has 2 atom stereocenters. The first-order valence-electron chi connectivity index (χ1n) is 7.06. The van der Waals surface area contributed by atoms with E-state index in [1.165, 1.54) is 12.0 Å². The monoisotopic (exact) mass is 247 g/mol. The van der Waals surface area contributed by atoms with Crippen LogP contribution in [-0.2, 0) is 5.41 Å². The molecule has 2 heteroatoms. The van der Waals surface area contributed by atoms with Crippen LogP contribution in [0.25, 0.3) is 0 Å². The van der Waals surface area contributed by atoms with E-state index in [0.717, 1.165) is 25.0 Å². The van der Waals surface area contributed by atoms with Gasteiger partial charge in [-0.05, 0) is 48.8 Å². The van der Waals surface area contributed by atoms with Crippen molar-refractivity contribution in [3.05, 3.63) is 29.8 Å². The predicted octanol–water partition coefficient (Wildman–Crippen LogP) is 3.63. The second-order valence-corrected chi connectivity index (χ2v) is 6.01. The second kappa shape index (κ2) is 5.31. The second-order valence-electron chi connectivity index (χ2n) is 6.01. The number of nitrogens with two attached hydrogens (primary N) is 1. The molecule has 1 aliphatic rings. The molecule has 0 aromatic heterocycles. The summed E-state index contributed by atoms with van der Waals surface area (Å²) in [5.41, 5.74) is 7.63. The van der Waals surface area contributed by atoms with E-state index in [2.05, 4.69) is 45.0 Å². The molecule has 0 heterocycles. The average Bonchev–Trinajstić information content (AvgIpc) is 2.76. The smallest absolute Gasteiger partial charge is 0.119 e. The highest BCUT2D eigenvalue weighted by Crippen LogP contribution is 2.29. The van der Waals surface area contributed by atoms with Gasteiger partial charge < -0.3 is 10.5 Å². The van der Waals surface area contributed by atoms with Gasteiger partial charge >= 0.3 is 0 Å². The predicted molar refractivity (Wildman–Crippen MR) is 76.0 cm³/mol. The molecule has 0 amide bonds. The van der Waals surface area contributed by atoms with Crippen molar-refractivity contribution in [1.82, 2.24) is 0 Å². The SMILES string of the molecule is CCC(C)(C)c1ccc(OC2CCCC2N)cc1. The zero-order valence-electron chi connectivity index (χ0n) is 11.8. The molecule has 18 heavy (non-hydrogen) atoms. The highest BCUT2D eigenvalue weighted by molar-refractivity contribution is 5.31. The molecule has 0 saturated heterocycles. The Kier molecular flexibility index (Phi) is 3.96. The molecule has 0 radical (unpaired) electrons. The highest BCUT2D eigenvalue weighted by atomic mass is 16.5. The fourth-order valence-corrected chi connectivity index (χ4v) is 2.46. The standard InChI is InChI=1S/C16H25NO/c1-4-16(2,3)12-8-10-13(11-9-12)18-15-7-5-6-14(15)17/h8-11,14-15H,4-7,17H2,1-3H3. The molecule has 0 spiro atoms. The van der Waals surface area contributed by atoms with E-state index in [4.69, 9.17) is 10.5 Å². The molecule has 1 fully saturated rings. The Morgan fingerprint density at radius 2 is 1.89 bits per heavy atom. The molecule has 1 saturated carbocycles. The highest BCUT2D eigenvalue weighted by Gasteiger charge is 2.25. The normalized spacial score (nSPS) is 24.2. The van der Waals surface area contributed by atoms with Gasteiger partial charge in [-0.2, -0.15) is 0 Å². The zero-order chi connectivity index (χ0) is 13.2. The molecule has 2 N–H and O–H groups in total. The summed E-state index contributed by atoms with van der Waals surface area (Å²) in [6.07, 6.45) is 4.71. The van der Waals surface area contributed by atoms with Crippen LogP contribution in [0.5, 0.6) is 5.75 Å². The molecule has 1 aromatic rings. The van der Waals surface area contributed by atoms with Gasteiger partial charge in [-0.3, -0.25) is 0 Å². The van der Waals surface area contributed by atoms with E-state index in [0.29, 0.717) is 0 Å². The molecule has 0 bridgehead atoms. The van der Waals surface area contributed by atoms with Crippen molar-refractivity contribution in [1.29, 1.82) is 0 Å². The van der Waals surface area contributed by atoms with E-state index >= 15 is 0 Å². The Morgan fingerprint density at radius 3 is 2.39 bits per heavy atom. The van der Waals surface area contributed by atoms with Crippen LogP contribution in [0.4, 0.5) is 0 Å². The Hall–Kier alpha value is -1.02. The lowest BCUT2D eigenvalue weighted by Crippen LogP contribution is -2.33. The number of hydrogen-bond donors (Lipinski definition) is 1. The molecule has 1 aliphatic carbocycles. The molecule has 2 rings (SSSR count). The van der Waals surface area contributed by atoms with Gasteiger partial charge in [0.25, 0.3) is 0 Å². The molecular formula is C16H25NO. The van der Waals surface area contributed by atoms with Crippen LogP contribution < -0.4 is 10.5 Å². The van der Waals surface area contributed by atoms with Gasteiger partial charge in [-0.25, -0.2) is 0 Å². The fourth-order valence-electron chi connectivity index (χ4n) is 2.46. The van der Waals surface area contributed by atoms with Crippen molar-refractivity contribution in [3.8, 4) is 5.75 Å². The Morgan fingerprint density at radius 1 is 1.22 bits per heavy atom. The largest absolute Gasteiger partial charge is 0.489 e.